The third kappa shape index (κ3) is 6.74. The Morgan fingerprint density at radius 1 is 1.21 bits per heavy atom. The van der Waals surface area contributed by atoms with Gasteiger partial charge in [-0.1, -0.05) is 30.3 Å². The minimum Gasteiger partial charge on any atom is -0.790 e. The monoisotopic (exact) mass is 223 g/mol. The molecule has 0 heterocycles. The van der Waals surface area contributed by atoms with Gasteiger partial charge >= 0.3 is 29.6 Å². The van der Waals surface area contributed by atoms with E-state index in [-0.39, 0.29) is 36.2 Å². The molecule has 0 aromatic heterocycles. The summed E-state index contributed by atoms with van der Waals surface area (Å²) in [5, 5.41) is 0. The third-order valence-corrected chi connectivity index (χ3v) is 1.98. The quantitative estimate of drug-likeness (QED) is 0.405. The maximum atomic E-state index is 10.1. The van der Waals surface area contributed by atoms with Crippen LogP contribution in [0.4, 0.5) is 0 Å². The Kier molecular flexibility index (Phi) is 6.91. The van der Waals surface area contributed by atoms with E-state index in [1.807, 2.05) is 30.3 Å². The summed E-state index contributed by atoms with van der Waals surface area (Å²) >= 11 is 0. The van der Waals surface area contributed by atoms with Gasteiger partial charge in [0.2, 0.25) is 0 Å². The SMILES string of the molecule is O=P([O-])([O-])OCCc1ccccc1.[Na+]. The van der Waals surface area contributed by atoms with Crippen LogP contribution >= 0.6 is 7.82 Å². The second-order valence-corrected chi connectivity index (χ2v) is 3.67. The predicted octanol–water partition coefficient (Wildman–Crippen LogP) is -2.92. The smallest absolute Gasteiger partial charge is 0.790 e. The first-order chi connectivity index (χ1) is 6.08. The third-order valence-electron chi connectivity index (χ3n) is 1.48. The van der Waals surface area contributed by atoms with Crippen molar-refractivity contribution in [2.45, 2.75) is 6.42 Å². The first kappa shape index (κ1) is 14.3. The van der Waals surface area contributed by atoms with Gasteiger partial charge in [0.1, 0.15) is 0 Å². The molecule has 0 atom stereocenters. The summed E-state index contributed by atoms with van der Waals surface area (Å²) in [5.74, 6) is 0. The number of hydrogen-bond donors (Lipinski definition) is 0. The van der Waals surface area contributed by atoms with Crippen molar-refractivity contribution in [1.29, 1.82) is 0 Å². The van der Waals surface area contributed by atoms with E-state index in [1.54, 1.807) is 0 Å². The molecule has 72 valence electrons. The summed E-state index contributed by atoms with van der Waals surface area (Å²) in [6, 6.07) is 9.21. The maximum absolute atomic E-state index is 10.1. The molecule has 0 unspecified atom stereocenters. The standard InChI is InChI=1S/C8H11O4P.Na/c9-13(10,11)12-7-6-8-4-2-1-3-5-8;/h1-5H,6-7H2,(H2,9,10,11);/q;+1/p-2. The molecule has 0 aliphatic carbocycles. The van der Waals surface area contributed by atoms with Crippen LogP contribution in [-0.2, 0) is 15.5 Å². The number of phosphoric ester groups is 1. The molecule has 0 aliphatic heterocycles. The fourth-order valence-electron chi connectivity index (χ4n) is 0.920. The number of phosphoric acid groups is 1. The molecule has 0 aliphatic rings. The van der Waals surface area contributed by atoms with Gasteiger partial charge in [-0.05, 0) is 12.0 Å². The van der Waals surface area contributed by atoms with E-state index in [4.69, 9.17) is 0 Å². The van der Waals surface area contributed by atoms with Gasteiger partial charge < -0.3 is 18.9 Å². The first-order valence-electron chi connectivity index (χ1n) is 3.78. The van der Waals surface area contributed by atoms with Crippen LogP contribution in [0.15, 0.2) is 30.3 Å². The van der Waals surface area contributed by atoms with Gasteiger partial charge in [-0.15, -0.1) is 0 Å². The van der Waals surface area contributed by atoms with Gasteiger partial charge in [-0.3, -0.25) is 0 Å². The molecular formula is C8H9NaO4P-. The number of rotatable bonds is 4. The minimum absolute atomic E-state index is 0. The molecule has 0 spiro atoms. The molecule has 0 N–H and O–H groups in total. The molecule has 0 saturated carbocycles. The summed E-state index contributed by atoms with van der Waals surface area (Å²) < 4.78 is 14.1. The van der Waals surface area contributed by atoms with Gasteiger partial charge in [-0.25, -0.2) is 0 Å². The summed E-state index contributed by atoms with van der Waals surface area (Å²) in [6.45, 7) is -0.0890. The van der Waals surface area contributed by atoms with Crippen LogP contribution in [0.2, 0.25) is 0 Å². The molecule has 1 aromatic rings. The largest absolute Gasteiger partial charge is 1.00 e. The number of hydrogen-bond acceptors (Lipinski definition) is 4. The molecule has 0 fully saturated rings. The molecular weight excluding hydrogens is 214 g/mol. The minimum atomic E-state index is -4.80. The van der Waals surface area contributed by atoms with Crippen LogP contribution in [0, 0.1) is 0 Å². The summed E-state index contributed by atoms with van der Waals surface area (Å²) in [4.78, 5) is 20.1. The second kappa shape index (κ2) is 6.75. The van der Waals surface area contributed by atoms with Crippen molar-refractivity contribution < 1.29 is 48.4 Å². The zero-order valence-corrected chi connectivity index (χ0v) is 10.8. The van der Waals surface area contributed by atoms with Crippen LogP contribution in [-0.4, -0.2) is 6.61 Å². The van der Waals surface area contributed by atoms with Crippen molar-refractivity contribution in [2.24, 2.45) is 0 Å². The van der Waals surface area contributed by atoms with Crippen LogP contribution in [0.25, 0.3) is 0 Å². The molecule has 1 aromatic carbocycles. The topological polar surface area (TPSA) is 72.4 Å². The van der Waals surface area contributed by atoms with Gasteiger partial charge in [0.05, 0.1) is 14.4 Å². The first-order valence-corrected chi connectivity index (χ1v) is 5.24. The van der Waals surface area contributed by atoms with Crippen molar-refractivity contribution in [2.75, 3.05) is 6.61 Å². The van der Waals surface area contributed by atoms with Crippen LogP contribution < -0.4 is 39.3 Å². The van der Waals surface area contributed by atoms with Gasteiger partial charge in [-0.2, -0.15) is 0 Å². The zero-order chi connectivity index (χ0) is 9.73. The van der Waals surface area contributed by atoms with Crippen LogP contribution in [0.3, 0.4) is 0 Å². The molecule has 0 bridgehead atoms. The fourth-order valence-corrected chi connectivity index (χ4v) is 1.23. The van der Waals surface area contributed by atoms with E-state index in [0.717, 1.165) is 5.56 Å². The molecule has 6 heteroatoms. The van der Waals surface area contributed by atoms with E-state index in [0.29, 0.717) is 6.42 Å². The van der Waals surface area contributed by atoms with Crippen molar-refractivity contribution in [3.05, 3.63) is 35.9 Å². The van der Waals surface area contributed by atoms with E-state index in [1.165, 1.54) is 0 Å². The van der Waals surface area contributed by atoms with Crippen molar-refractivity contribution in [1.82, 2.24) is 0 Å². The van der Waals surface area contributed by atoms with Crippen molar-refractivity contribution >= 4 is 7.82 Å². The Morgan fingerprint density at radius 3 is 2.29 bits per heavy atom. The van der Waals surface area contributed by atoms with Crippen molar-refractivity contribution in [3.63, 3.8) is 0 Å². The molecule has 14 heavy (non-hydrogen) atoms. The molecule has 1 rings (SSSR count). The number of benzene rings is 1. The van der Waals surface area contributed by atoms with E-state index >= 15 is 0 Å². The normalized spacial score (nSPS) is 10.7. The Labute approximate surface area is 105 Å². The molecule has 0 amide bonds. The molecule has 4 nitrogen and oxygen atoms in total. The summed E-state index contributed by atoms with van der Waals surface area (Å²) in [6.07, 6.45) is 0.426. The second-order valence-electron chi connectivity index (χ2n) is 2.52. The Hall–Kier alpha value is 0.330. The van der Waals surface area contributed by atoms with E-state index < -0.39 is 7.82 Å². The average molecular weight is 223 g/mol. The summed E-state index contributed by atoms with van der Waals surface area (Å²) in [5.41, 5.74) is 0.941. The van der Waals surface area contributed by atoms with Gasteiger partial charge in [0, 0.05) is 0 Å². The average Bonchev–Trinajstić information content (AvgIpc) is 2.04. The summed E-state index contributed by atoms with van der Waals surface area (Å²) in [7, 11) is -4.80. The van der Waals surface area contributed by atoms with E-state index in [2.05, 4.69) is 4.52 Å². The Bertz CT molecular complexity index is 297. The van der Waals surface area contributed by atoms with E-state index in [9.17, 15) is 14.4 Å². The molecule has 0 saturated heterocycles. The Balaban J connectivity index is 0.00000169. The fraction of sp³-hybridized carbons (Fsp3) is 0.250. The predicted molar refractivity (Wildman–Crippen MR) is 43.7 cm³/mol. The molecule has 0 radical (unpaired) electrons. The van der Waals surface area contributed by atoms with Crippen LogP contribution in [0.5, 0.6) is 0 Å². The Morgan fingerprint density at radius 2 is 1.79 bits per heavy atom. The van der Waals surface area contributed by atoms with Crippen molar-refractivity contribution in [3.8, 4) is 0 Å². The van der Waals surface area contributed by atoms with Gasteiger partial charge in [0.25, 0.3) is 0 Å². The van der Waals surface area contributed by atoms with Crippen LogP contribution in [0.1, 0.15) is 5.56 Å². The maximum Gasteiger partial charge on any atom is 1.00 e. The van der Waals surface area contributed by atoms with Gasteiger partial charge in [0.15, 0.2) is 0 Å². The zero-order valence-electron chi connectivity index (χ0n) is 7.88.